The molecule has 0 bridgehead atoms. The number of ether oxygens (including phenoxy) is 2. The zero-order valence-electron chi connectivity index (χ0n) is 19.8. The Morgan fingerprint density at radius 3 is 2.20 bits per heavy atom. The molecule has 1 aromatic carbocycles. The van der Waals surface area contributed by atoms with Gasteiger partial charge in [0.25, 0.3) is 0 Å². The minimum Gasteiger partial charge on any atom is -0.852 e. The summed E-state index contributed by atoms with van der Waals surface area (Å²) in [5.41, 5.74) is 1.61. The minimum absolute atomic E-state index is 0. The Labute approximate surface area is 220 Å². The van der Waals surface area contributed by atoms with E-state index in [2.05, 4.69) is 10.4 Å². The van der Waals surface area contributed by atoms with Gasteiger partial charge in [0, 0.05) is 12.5 Å². The maximum atomic E-state index is 12.5. The maximum absolute atomic E-state index is 12.5. The summed E-state index contributed by atoms with van der Waals surface area (Å²) in [5, 5.41) is 21.3. The van der Waals surface area contributed by atoms with E-state index in [0.717, 1.165) is 11.7 Å². The molecule has 2 fully saturated rings. The van der Waals surface area contributed by atoms with Crippen LogP contribution >= 0.6 is 0 Å². The van der Waals surface area contributed by atoms with Crippen LogP contribution in [0.15, 0.2) is 30.3 Å². The second-order valence-corrected chi connectivity index (χ2v) is 7.34. The van der Waals surface area contributed by atoms with E-state index in [0.29, 0.717) is 18.0 Å². The molecule has 8 heteroatoms. The first kappa shape index (κ1) is 29.2. The molecule has 0 aliphatic heterocycles. The number of benzene rings is 1. The zero-order valence-corrected chi connectivity index (χ0v) is 20.9. The van der Waals surface area contributed by atoms with E-state index >= 15 is 0 Å². The molecule has 0 saturated heterocycles. The molecule has 2 aliphatic rings. The van der Waals surface area contributed by atoms with Crippen molar-refractivity contribution in [3.05, 3.63) is 111 Å². The van der Waals surface area contributed by atoms with Gasteiger partial charge in [-0.05, 0) is 89.8 Å². The predicted molar refractivity (Wildman–Crippen MR) is 129 cm³/mol. The van der Waals surface area contributed by atoms with Crippen molar-refractivity contribution in [1.29, 1.82) is 0 Å². The molecule has 1 heterocycles. The molecular formula is C27H29FeN3O4. The quantitative estimate of drug-likeness (QED) is 0.356. The van der Waals surface area contributed by atoms with E-state index in [1.54, 1.807) is 13.0 Å². The standard InChI is InChI=1S/C22H24N3O4.C5H5.Fe/c1-3-28-19-11-9-17(10-12-19)23-14-18(26)15-25-21(22(27)29-4-2)13-20(24-25)16-7-5-6-8-16;1-2-4-5-3-1;/h5-13,18H,3-4,14-15H2,1-2H3;1-5H;/q-2;;+2/t18-;;/m1../s1. The SMILES string of the molecule is CCOC(=O)c1cc([C]2[CH][CH][CH][CH]2)nn1C[C@H]([O-])C[N-]c1ccc(OCC)cc1.[CH]1[CH][CH][CH][CH]1.[Fe+2]. The molecule has 0 unspecified atom stereocenters. The Hall–Kier alpha value is -2.02. The number of nitrogens with zero attached hydrogens (tertiary/aromatic N) is 3. The van der Waals surface area contributed by atoms with Gasteiger partial charge in [0.15, 0.2) is 0 Å². The molecule has 0 amide bonds. The van der Waals surface area contributed by atoms with Crippen LogP contribution in [0, 0.1) is 63.7 Å². The smallest absolute Gasteiger partial charge is 0.852 e. The van der Waals surface area contributed by atoms with Crippen LogP contribution in [0.2, 0.25) is 0 Å². The molecule has 0 N–H and O–H groups in total. The minimum atomic E-state index is -1.05. The first-order chi connectivity index (χ1) is 16.6. The Morgan fingerprint density at radius 2 is 1.63 bits per heavy atom. The fourth-order valence-electron chi connectivity index (χ4n) is 3.20. The van der Waals surface area contributed by atoms with E-state index in [1.165, 1.54) is 4.68 Å². The number of esters is 1. The number of hydrogen-bond donors (Lipinski definition) is 0. The molecular weight excluding hydrogens is 486 g/mol. The van der Waals surface area contributed by atoms with Gasteiger partial charge in [0.1, 0.15) is 11.4 Å². The molecule has 2 aliphatic carbocycles. The van der Waals surface area contributed by atoms with Gasteiger partial charge in [-0.25, -0.2) is 4.79 Å². The molecule has 2 aromatic rings. The van der Waals surface area contributed by atoms with Gasteiger partial charge in [-0.3, -0.25) is 4.68 Å². The van der Waals surface area contributed by atoms with Crippen molar-refractivity contribution < 1.29 is 36.4 Å². The summed E-state index contributed by atoms with van der Waals surface area (Å²) >= 11 is 0. The van der Waals surface area contributed by atoms with Crippen molar-refractivity contribution in [2.75, 3.05) is 19.8 Å². The molecule has 0 spiro atoms. The Morgan fingerprint density at radius 1 is 1.00 bits per heavy atom. The van der Waals surface area contributed by atoms with Gasteiger partial charge in [0.05, 0.1) is 18.9 Å². The molecule has 35 heavy (non-hydrogen) atoms. The number of rotatable bonds is 10. The second kappa shape index (κ2) is 15.9. The summed E-state index contributed by atoms with van der Waals surface area (Å²) in [5.74, 6) is 1.16. The summed E-state index contributed by atoms with van der Waals surface area (Å²) in [6.07, 6.45) is 16.5. The van der Waals surface area contributed by atoms with E-state index < -0.39 is 12.1 Å². The Balaban J connectivity index is 0.000000640. The van der Waals surface area contributed by atoms with E-state index in [1.807, 2.05) is 89.0 Å². The number of hydrogen-bond acceptors (Lipinski definition) is 5. The monoisotopic (exact) mass is 515 g/mol. The molecule has 4 rings (SSSR count). The van der Waals surface area contributed by atoms with Gasteiger partial charge in [0.2, 0.25) is 0 Å². The topological polar surface area (TPSA) is 90.5 Å². The molecule has 2 saturated carbocycles. The van der Waals surface area contributed by atoms with Crippen LogP contribution in [0.25, 0.3) is 5.32 Å². The zero-order chi connectivity index (χ0) is 24.2. The van der Waals surface area contributed by atoms with Crippen LogP contribution in [0.4, 0.5) is 5.69 Å². The summed E-state index contributed by atoms with van der Waals surface area (Å²) < 4.78 is 11.9. The van der Waals surface area contributed by atoms with Crippen LogP contribution in [-0.4, -0.2) is 41.6 Å². The summed E-state index contributed by atoms with van der Waals surface area (Å²) in [7, 11) is 0. The Bertz CT molecular complexity index is 854. The van der Waals surface area contributed by atoms with Gasteiger partial charge in [-0.15, -0.1) is 18.3 Å². The van der Waals surface area contributed by atoms with Gasteiger partial charge >= 0.3 is 23.0 Å². The van der Waals surface area contributed by atoms with Gasteiger partial charge in [-0.2, -0.15) is 5.10 Å². The van der Waals surface area contributed by atoms with Gasteiger partial charge in [-0.1, -0.05) is 12.1 Å². The normalized spacial score (nSPS) is 16.1. The fourth-order valence-corrected chi connectivity index (χ4v) is 3.20. The molecule has 10 radical (unpaired) electrons. The van der Waals surface area contributed by atoms with Crippen LogP contribution in [0.3, 0.4) is 0 Å². The number of carbonyl (C=O) groups is 1. The third-order valence-corrected chi connectivity index (χ3v) is 4.78. The third-order valence-electron chi connectivity index (χ3n) is 4.78. The first-order valence-corrected chi connectivity index (χ1v) is 11.3. The van der Waals surface area contributed by atoms with Crippen LogP contribution in [0.1, 0.15) is 30.0 Å². The average Bonchev–Trinajstić information content (AvgIpc) is 3.63. The fraction of sp³-hybridized carbons (Fsp3) is 0.259. The molecule has 7 nitrogen and oxygen atoms in total. The van der Waals surface area contributed by atoms with E-state index in [4.69, 9.17) is 9.47 Å². The van der Waals surface area contributed by atoms with Crippen molar-refractivity contribution in [3.8, 4) is 5.75 Å². The van der Waals surface area contributed by atoms with Crippen LogP contribution < -0.4 is 9.84 Å². The molecule has 1 aromatic heterocycles. The number of carbonyl (C=O) groups excluding carboxylic acids is 1. The van der Waals surface area contributed by atoms with Crippen molar-refractivity contribution >= 4 is 11.7 Å². The summed E-state index contributed by atoms with van der Waals surface area (Å²) in [6.45, 7) is 4.60. The first-order valence-electron chi connectivity index (χ1n) is 11.3. The van der Waals surface area contributed by atoms with Crippen molar-refractivity contribution in [1.82, 2.24) is 9.78 Å². The van der Waals surface area contributed by atoms with Gasteiger partial charge < -0.3 is 19.9 Å². The Kier molecular flexibility index (Phi) is 13.2. The average molecular weight is 515 g/mol. The maximum Gasteiger partial charge on any atom is 2.00 e. The largest absolute Gasteiger partial charge is 2.00 e. The van der Waals surface area contributed by atoms with Crippen LogP contribution in [0.5, 0.6) is 5.75 Å². The second-order valence-electron chi connectivity index (χ2n) is 7.34. The van der Waals surface area contributed by atoms with E-state index in [-0.39, 0.29) is 42.5 Å². The van der Waals surface area contributed by atoms with Crippen molar-refractivity contribution in [2.24, 2.45) is 0 Å². The van der Waals surface area contributed by atoms with Crippen LogP contribution in [-0.2, 0) is 28.4 Å². The van der Waals surface area contributed by atoms with E-state index in [9.17, 15) is 9.90 Å². The molecule has 1 atom stereocenters. The predicted octanol–water partition coefficient (Wildman–Crippen LogP) is 3.67. The third kappa shape index (κ3) is 9.51. The van der Waals surface area contributed by atoms with Crippen molar-refractivity contribution in [2.45, 2.75) is 26.5 Å². The summed E-state index contributed by atoms with van der Waals surface area (Å²) in [4.78, 5) is 12.3. The number of aromatic nitrogens is 2. The summed E-state index contributed by atoms with van der Waals surface area (Å²) in [6, 6.07) is 8.91. The molecule has 184 valence electrons. The van der Waals surface area contributed by atoms with Crippen molar-refractivity contribution in [3.63, 3.8) is 0 Å².